The first-order chi connectivity index (χ1) is 8.99. The summed E-state index contributed by atoms with van der Waals surface area (Å²) in [6.07, 6.45) is 2.12. The first-order valence-electron chi connectivity index (χ1n) is 5.04. The van der Waals surface area contributed by atoms with Crippen LogP contribution in [0.15, 0.2) is 35.1 Å². The van der Waals surface area contributed by atoms with Crippen LogP contribution in [0.25, 0.3) is 0 Å². The van der Waals surface area contributed by atoms with Crippen LogP contribution in [0.2, 0.25) is 0 Å². The highest BCUT2D eigenvalue weighted by molar-refractivity contribution is 9.10. The van der Waals surface area contributed by atoms with Gasteiger partial charge in [0.1, 0.15) is 17.2 Å². The number of rotatable bonds is 2. The number of nitrogens with one attached hydrogen (secondary N) is 1. The Kier molecular flexibility index (Phi) is 3.84. The van der Waals surface area contributed by atoms with E-state index >= 15 is 0 Å². The number of halogens is 4. The summed E-state index contributed by atoms with van der Waals surface area (Å²) in [5, 5.41) is 2.08. The van der Waals surface area contributed by atoms with Gasteiger partial charge < -0.3 is 5.32 Å². The van der Waals surface area contributed by atoms with Crippen LogP contribution in [-0.2, 0) is 0 Å². The zero-order chi connectivity index (χ0) is 14.0. The number of carbonyl (C=O) groups excluding carboxylic acids is 1. The maximum absolute atomic E-state index is 13.5. The molecule has 7 heteroatoms. The van der Waals surface area contributed by atoms with Gasteiger partial charge in [-0.1, -0.05) is 15.9 Å². The average molecular weight is 331 g/mol. The highest BCUT2D eigenvalue weighted by atomic mass is 79.9. The lowest BCUT2D eigenvalue weighted by molar-refractivity contribution is 0.101. The van der Waals surface area contributed by atoms with Gasteiger partial charge >= 0.3 is 0 Å². The first kappa shape index (κ1) is 13.5. The molecule has 3 nitrogen and oxygen atoms in total. The van der Waals surface area contributed by atoms with Crippen LogP contribution in [0.1, 0.15) is 10.4 Å². The van der Waals surface area contributed by atoms with Gasteiger partial charge in [-0.2, -0.15) is 0 Å². The number of amides is 1. The van der Waals surface area contributed by atoms with E-state index in [1.54, 1.807) is 0 Å². The van der Waals surface area contributed by atoms with E-state index in [2.05, 4.69) is 26.2 Å². The fourth-order valence-electron chi connectivity index (χ4n) is 1.42. The van der Waals surface area contributed by atoms with Crippen molar-refractivity contribution >= 4 is 27.5 Å². The van der Waals surface area contributed by atoms with Crippen LogP contribution in [0.4, 0.5) is 18.9 Å². The number of anilines is 1. The second kappa shape index (κ2) is 5.40. The van der Waals surface area contributed by atoms with Gasteiger partial charge in [-0.05, 0) is 18.2 Å². The fourth-order valence-corrected chi connectivity index (χ4v) is 1.82. The third kappa shape index (κ3) is 2.93. The van der Waals surface area contributed by atoms with E-state index in [1.807, 2.05) is 0 Å². The van der Waals surface area contributed by atoms with Gasteiger partial charge in [0, 0.05) is 10.7 Å². The summed E-state index contributed by atoms with van der Waals surface area (Å²) in [6, 6.07) is 3.07. The van der Waals surface area contributed by atoms with Crippen molar-refractivity contribution in [2.24, 2.45) is 0 Å². The van der Waals surface area contributed by atoms with Crippen molar-refractivity contribution < 1.29 is 18.0 Å². The Morgan fingerprint density at radius 3 is 2.37 bits per heavy atom. The van der Waals surface area contributed by atoms with E-state index in [1.165, 1.54) is 12.3 Å². The van der Waals surface area contributed by atoms with E-state index < -0.39 is 28.9 Å². The molecule has 0 unspecified atom stereocenters. The van der Waals surface area contributed by atoms with Gasteiger partial charge in [-0.15, -0.1) is 0 Å². The van der Waals surface area contributed by atoms with Crippen molar-refractivity contribution in [3.8, 4) is 0 Å². The summed E-state index contributed by atoms with van der Waals surface area (Å²) in [5.41, 5.74) is -0.985. The minimum atomic E-state index is -1.08. The Bertz CT molecular complexity index is 626. The summed E-state index contributed by atoms with van der Waals surface area (Å²) >= 11 is 2.89. The molecule has 1 aromatic heterocycles. The smallest absolute Gasteiger partial charge is 0.261 e. The van der Waals surface area contributed by atoms with Crippen molar-refractivity contribution in [1.82, 2.24) is 4.98 Å². The Labute approximate surface area is 114 Å². The lowest BCUT2D eigenvalue weighted by Gasteiger charge is -2.08. The zero-order valence-electron chi connectivity index (χ0n) is 9.25. The van der Waals surface area contributed by atoms with Crippen LogP contribution in [-0.4, -0.2) is 10.9 Å². The van der Waals surface area contributed by atoms with Crippen LogP contribution in [0.5, 0.6) is 0 Å². The molecule has 0 bridgehead atoms. The van der Waals surface area contributed by atoms with Crippen LogP contribution in [0.3, 0.4) is 0 Å². The molecule has 0 aliphatic rings. The molecule has 1 amide bonds. The molecule has 19 heavy (non-hydrogen) atoms. The molecule has 98 valence electrons. The van der Waals surface area contributed by atoms with E-state index in [-0.39, 0.29) is 10.2 Å². The molecule has 2 aromatic rings. The maximum atomic E-state index is 13.5. The highest BCUT2D eigenvalue weighted by Gasteiger charge is 2.19. The van der Waals surface area contributed by atoms with Crippen molar-refractivity contribution in [3.63, 3.8) is 0 Å². The standard InChI is InChI=1S/C12H6BrF3N2O/c13-6-3-7(14)11(8(15)4-6)12(19)18-10-1-2-17-5-9(10)16/h1-5H,(H,17,18,19). The molecule has 0 aliphatic carbocycles. The highest BCUT2D eigenvalue weighted by Crippen LogP contribution is 2.21. The SMILES string of the molecule is O=C(Nc1ccncc1F)c1c(F)cc(Br)cc1F. The Hall–Kier alpha value is -1.89. The summed E-state index contributed by atoms with van der Waals surface area (Å²) in [7, 11) is 0. The number of nitrogens with zero attached hydrogens (tertiary/aromatic N) is 1. The van der Waals surface area contributed by atoms with E-state index in [0.717, 1.165) is 18.3 Å². The second-order valence-corrected chi connectivity index (χ2v) is 4.47. The Morgan fingerprint density at radius 1 is 1.16 bits per heavy atom. The zero-order valence-corrected chi connectivity index (χ0v) is 10.8. The van der Waals surface area contributed by atoms with Crippen LogP contribution >= 0.6 is 15.9 Å². The van der Waals surface area contributed by atoms with Crippen molar-refractivity contribution in [3.05, 3.63) is 58.1 Å². The predicted octanol–water partition coefficient (Wildman–Crippen LogP) is 3.51. The number of pyridine rings is 1. The van der Waals surface area contributed by atoms with Gasteiger partial charge in [0.05, 0.1) is 11.9 Å². The molecule has 1 N–H and O–H groups in total. The van der Waals surface area contributed by atoms with Crippen molar-refractivity contribution in [2.75, 3.05) is 5.32 Å². The van der Waals surface area contributed by atoms with Crippen molar-refractivity contribution in [2.45, 2.75) is 0 Å². The molecule has 0 aliphatic heterocycles. The normalized spacial score (nSPS) is 10.3. The van der Waals surface area contributed by atoms with Gasteiger partial charge in [0.2, 0.25) is 0 Å². The molecule has 0 saturated carbocycles. The second-order valence-electron chi connectivity index (χ2n) is 3.55. The number of aromatic nitrogens is 1. The molecule has 2 rings (SSSR count). The number of hydrogen-bond donors (Lipinski definition) is 1. The minimum Gasteiger partial charge on any atom is -0.319 e. The lowest BCUT2D eigenvalue weighted by Crippen LogP contribution is -2.16. The van der Waals surface area contributed by atoms with E-state index in [9.17, 15) is 18.0 Å². The molecular formula is C12H6BrF3N2O. The summed E-state index contributed by atoms with van der Waals surface area (Å²) in [6.45, 7) is 0. The average Bonchev–Trinajstić information content (AvgIpc) is 2.30. The van der Waals surface area contributed by atoms with Gasteiger partial charge in [-0.25, -0.2) is 13.2 Å². The lowest BCUT2D eigenvalue weighted by atomic mass is 10.2. The monoisotopic (exact) mass is 330 g/mol. The van der Waals surface area contributed by atoms with E-state index in [0.29, 0.717) is 0 Å². The van der Waals surface area contributed by atoms with Crippen LogP contribution < -0.4 is 5.32 Å². The first-order valence-corrected chi connectivity index (χ1v) is 5.83. The summed E-state index contributed by atoms with van der Waals surface area (Å²) in [4.78, 5) is 15.2. The molecular weight excluding hydrogens is 325 g/mol. The third-order valence-corrected chi connectivity index (χ3v) is 2.71. The van der Waals surface area contributed by atoms with E-state index in [4.69, 9.17) is 0 Å². The number of benzene rings is 1. The van der Waals surface area contributed by atoms with Gasteiger partial charge in [-0.3, -0.25) is 9.78 Å². The minimum absolute atomic E-state index is 0.161. The topological polar surface area (TPSA) is 42.0 Å². The Morgan fingerprint density at radius 2 is 1.79 bits per heavy atom. The molecule has 1 heterocycles. The summed E-state index contributed by atoms with van der Waals surface area (Å²) in [5.74, 6) is -3.96. The molecule has 0 atom stereocenters. The van der Waals surface area contributed by atoms with Gasteiger partial charge in [0.15, 0.2) is 5.82 Å². The maximum Gasteiger partial charge on any atom is 0.261 e. The summed E-state index contributed by atoms with van der Waals surface area (Å²) < 4.78 is 40.5. The fraction of sp³-hybridized carbons (Fsp3) is 0. The Balaban J connectivity index is 2.34. The molecule has 1 aromatic carbocycles. The predicted molar refractivity (Wildman–Crippen MR) is 66.2 cm³/mol. The largest absolute Gasteiger partial charge is 0.319 e. The van der Waals surface area contributed by atoms with Gasteiger partial charge in [0.25, 0.3) is 5.91 Å². The molecule has 0 radical (unpaired) electrons. The third-order valence-electron chi connectivity index (χ3n) is 2.25. The molecule has 0 spiro atoms. The number of carbonyl (C=O) groups is 1. The van der Waals surface area contributed by atoms with Crippen molar-refractivity contribution in [1.29, 1.82) is 0 Å². The van der Waals surface area contributed by atoms with Crippen LogP contribution in [0, 0.1) is 17.5 Å². The molecule has 0 saturated heterocycles. The number of hydrogen-bond acceptors (Lipinski definition) is 2. The quantitative estimate of drug-likeness (QED) is 0.915. The molecule has 0 fully saturated rings.